The largest absolute Gasteiger partial charge is 0.378 e. The Kier molecular flexibility index (Phi) is 5.02. The van der Waals surface area contributed by atoms with Gasteiger partial charge in [0, 0.05) is 36.7 Å². The third-order valence-corrected chi connectivity index (χ3v) is 3.99. The molecule has 1 fully saturated rings. The van der Waals surface area contributed by atoms with Crippen molar-refractivity contribution < 1.29 is 4.74 Å². The van der Waals surface area contributed by atoms with Crippen LogP contribution in [-0.2, 0) is 11.2 Å². The van der Waals surface area contributed by atoms with Crippen molar-refractivity contribution in [2.75, 3.05) is 18.5 Å². The Balaban J connectivity index is 1.62. The zero-order valence-corrected chi connectivity index (χ0v) is 13.3. The lowest BCUT2D eigenvalue weighted by molar-refractivity contribution is 0.107. The van der Waals surface area contributed by atoms with E-state index in [2.05, 4.69) is 20.3 Å². The lowest BCUT2D eigenvalue weighted by Crippen LogP contribution is -2.13. The molecule has 0 unspecified atom stereocenters. The molecule has 2 N–H and O–H groups in total. The monoisotopic (exact) mass is 314 g/mol. The van der Waals surface area contributed by atoms with Crippen molar-refractivity contribution in [2.45, 2.75) is 38.7 Å². The van der Waals surface area contributed by atoms with Crippen LogP contribution in [0.5, 0.6) is 0 Å². The van der Waals surface area contributed by atoms with Crippen LogP contribution < -0.4 is 10.9 Å². The highest BCUT2D eigenvalue weighted by Crippen LogP contribution is 2.17. The first-order valence-corrected chi connectivity index (χ1v) is 8.16. The van der Waals surface area contributed by atoms with Gasteiger partial charge in [0.05, 0.1) is 6.10 Å². The fraction of sp³-hybridized carbons (Fsp3) is 0.471. The molecule has 0 radical (unpaired) electrons. The summed E-state index contributed by atoms with van der Waals surface area (Å²) >= 11 is 0. The van der Waals surface area contributed by atoms with Gasteiger partial charge in [-0.15, -0.1) is 0 Å². The third-order valence-electron chi connectivity index (χ3n) is 3.99. The van der Waals surface area contributed by atoms with Crippen molar-refractivity contribution >= 4 is 5.82 Å². The number of rotatable bonds is 6. The molecule has 0 amide bonds. The summed E-state index contributed by atoms with van der Waals surface area (Å²) in [5.74, 6) is 1.38. The first kappa shape index (κ1) is 15.7. The Labute approximate surface area is 135 Å². The number of nitrogens with zero attached hydrogens (tertiary/aromatic N) is 2. The Morgan fingerprint density at radius 1 is 1.43 bits per heavy atom. The van der Waals surface area contributed by atoms with Gasteiger partial charge in [0.15, 0.2) is 0 Å². The molecule has 2 aromatic heterocycles. The topological polar surface area (TPSA) is 79.9 Å². The maximum atomic E-state index is 11.6. The number of aryl methyl sites for hydroxylation is 1. The van der Waals surface area contributed by atoms with Gasteiger partial charge in [-0.25, -0.2) is 9.97 Å². The van der Waals surface area contributed by atoms with Crippen molar-refractivity contribution in [2.24, 2.45) is 0 Å². The number of H-pyrrole nitrogens is 1. The number of hydrogen-bond donors (Lipinski definition) is 2. The van der Waals surface area contributed by atoms with E-state index in [9.17, 15) is 4.79 Å². The molecular weight excluding hydrogens is 292 g/mol. The summed E-state index contributed by atoms with van der Waals surface area (Å²) in [5, 5.41) is 3.30. The number of anilines is 1. The minimum Gasteiger partial charge on any atom is -0.378 e. The van der Waals surface area contributed by atoms with Gasteiger partial charge in [-0.2, -0.15) is 0 Å². The predicted molar refractivity (Wildman–Crippen MR) is 89.5 cm³/mol. The predicted octanol–water partition coefficient (Wildman–Crippen LogP) is 2.38. The SMILES string of the molecule is CCc1cc(=O)[nH]c(-c2ccc(NCC[C@H]3CCCO3)nc2)n1. The molecule has 0 aliphatic carbocycles. The molecule has 6 heteroatoms. The standard InChI is InChI=1S/C17H22N4O2/c1-2-13-10-16(22)21-17(20-13)12-5-6-15(19-11-12)18-8-7-14-4-3-9-23-14/h5-6,10-11,14H,2-4,7-9H2,1H3,(H,18,19)(H,20,21,22)/t14-/m1/s1. The zero-order valence-electron chi connectivity index (χ0n) is 13.3. The van der Waals surface area contributed by atoms with Crippen molar-refractivity contribution in [3.05, 3.63) is 40.4 Å². The maximum Gasteiger partial charge on any atom is 0.251 e. The second kappa shape index (κ2) is 7.37. The van der Waals surface area contributed by atoms with Crippen molar-refractivity contribution in [3.8, 4) is 11.4 Å². The van der Waals surface area contributed by atoms with Crippen molar-refractivity contribution in [1.82, 2.24) is 15.0 Å². The Morgan fingerprint density at radius 2 is 2.35 bits per heavy atom. The Hall–Kier alpha value is -2.21. The quantitative estimate of drug-likeness (QED) is 0.855. The number of nitrogens with one attached hydrogen (secondary N) is 2. The lowest BCUT2D eigenvalue weighted by atomic mass is 10.2. The molecule has 6 nitrogen and oxygen atoms in total. The van der Waals surface area contributed by atoms with E-state index in [1.807, 2.05) is 19.1 Å². The van der Waals surface area contributed by atoms with Gasteiger partial charge >= 0.3 is 0 Å². The normalized spacial score (nSPS) is 17.3. The van der Waals surface area contributed by atoms with Gasteiger partial charge in [-0.3, -0.25) is 4.79 Å². The lowest BCUT2D eigenvalue weighted by Gasteiger charge is -2.10. The van der Waals surface area contributed by atoms with Crippen LogP contribution in [0.3, 0.4) is 0 Å². The van der Waals surface area contributed by atoms with E-state index in [1.54, 1.807) is 6.20 Å². The Bertz CT molecular complexity index is 690. The van der Waals surface area contributed by atoms with Crippen LogP contribution in [0.2, 0.25) is 0 Å². The Morgan fingerprint density at radius 3 is 3.04 bits per heavy atom. The van der Waals surface area contributed by atoms with Gasteiger partial charge in [0.2, 0.25) is 0 Å². The molecule has 1 saturated heterocycles. The second-order valence-electron chi connectivity index (χ2n) is 5.72. The van der Waals surface area contributed by atoms with Gasteiger partial charge < -0.3 is 15.0 Å². The molecule has 3 heterocycles. The average Bonchev–Trinajstić information content (AvgIpc) is 3.08. The van der Waals surface area contributed by atoms with Gasteiger partial charge in [-0.05, 0) is 37.8 Å². The van der Waals surface area contributed by atoms with E-state index in [4.69, 9.17) is 4.74 Å². The third kappa shape index (κ3) is 4.16. The molecule has 1 atom stereocenters. The summed E-state index contributed by atoms with van der Waals surface area (Å²) in [7, 11) is 0. The second-order valence-corrected chi connectivity index (χ2v) is 5.72. The van der Waals surface area contributed by atoms with Crippen LogP contribution in [0, 0.1) is 0 Å². The van der Waals surface area contributed by atoms with Crippen molar-refractivity contribution in [3.63, 3.8) is 0 Å². The highest BCUT2D eigenvalue weighted by atomic mass is 16.5. The summed E-state index contributed by atoms with van der Waals surface area (Å²) in [4.78, 5) is 23.2. The zero-order chi connectivity index (χ0) is 16.1. The maximum absolute atomic E-state index is 11.6. The van der Waals surface area contributed by atoms with Crippen LogP contribution in [0.25, 0.3) is 11.4 Å². The van der Waals surface area contributed by atoms with Crippen LogP contribution >= 0.6 is 0 Å². The smallest absolute Gasteiger partial charge is 0.251 e. The van der Waals surface area contributed by atoms with E-state index < -0.39 is 0 Å². The molecular formula is C17H22N4O2. The highest BCUT2D eigenvalue weighted by Gasteiger charge is 2.14. The molecule has 0 bridgehead atoms. The average molecular weight is 314 g/mol. The molecule has 0 saturated carbocycles. The fourth-order valence-electron chi connectivity index (χ4n) is 2.70. The molecule has 0 spiro atoms. The van der Waals surface area contributed by atoms with Crippen molar-refractivity contribution in [1.29, 1.82) is 0 Å². The van der Waals surface area contributed by atoms with E-state index >= 15 is 0 Å². The molecule has 2 aromatic rings. The van der Waals surface area contributed by atoms with Gasteiger partial charge in [0.25, 0.3) is 5.56 Å². The minimum atomic E-state index is -0.134. The number of aromatic nitrogens is 3. The van der Waals surface area contributed by atoms with Gasteiger partial charge in [-0.1, -0.05) is 6.92 Å². The van der Waals surface area contributed by atoms with Crippen LogP contribution in [0.15, 0.2) is 29.2 Å². The van der Waals surface area contributed by atoms with Crippen LogP contribution in [0.1, 0.15) is 31.9 Å². The molecule has 3 rings (SSSR count). The molecule has 23 heavy (non-hydrogen) atoms. The summed E-state index contributed by atoms with van der Waals surface area (Å²) in [6.07, 6.45) is 6.16. The number of hydrogen-bond acceptors (Lipinski definition) is 5. The van der Waals surface area contributed by atoms with Crippen LogP contribution in [-0.4, -0.2) is 34.2 Å². The van der Waals surface area contributed by atoms with Crippen LogP contribution in [0.4, 0.5) is 5.82 Å². The summed E-state index contributed by atoms with van der Waals surface area (Å²) < 4.78 is 5.60. The summed E-state index contributed by atoms with van der Waals surface area (Å²) in [6, 6.07) is 5.35. The number of aromatic amines is 1. The highest BCUT2D eigenvalue weighted by molar-refractivity contribution is 5.55. The first-order valence-electron chi connectivity index (χ1n) is 8.16. The molecule has 1 aliphatic rings. The minimum absolute atomic E-state index is 0.134. The fourth-order valence-corrected chi connectivity index (χ4v) is 2.70. The number of ether oxygens (including phenoxy) is 1. The number of pyridine rings is 1. The van der Waals surface area contributed by atoms with Gasteiger partial charge in [0.1, 0.15) is 11.6 Å². The van der Waals surface area contributed by atoms with E-state index in [0.717, 1.165) is 49.5 Å². The molecule has 122 valence electrons. The van der Waals surface area contributed by atoms with E-state index in [0.29, 0.717) is 11.9 Å². The van der Waals surface area contributed by atoms with E-state index in [1.165, 1.54) is 12.5 Å². The molecule has 0 aromatic carbocycles. The first-order chi connectivity index (χ1) is 11.2. The summed E-state index contributed by atoms with van der Waals surface area (Å²) in [5.41, 5.74) is 1.45. The van der Waals surface area contributed by atoms with E-state index in [-0.39, 0.29) is 5.56 Å². The summed E-state index contributed by atoms with van der Waals surface area (Å²) in [6.45, 7) is 3.71. The molecule has 1 aliphatic heterocycles.